The Hall–Kier alpha value is -0.603. The van der Waals surface area contributed by atoms with Gasteiger partial charge in [0.25, 0.3) is 0 Å². The van der Waals surface area contributed by atoms with Crippen molar-refractivity contribution in [1.29, 1.82) is 0 Å². The van der Waals surface area contributed by atoms with Gasteiger partial charge in [-0.05, 0) is 36.9 Å². The van der Waals surface area contributed by atoms with Crippen molar-refractivity contribution in [2.24, 2.45) is 0 Å². The molecule has 0 radical (unpaired) electrons. The van der Waals surface area contributed by atoms with Crippen molar-refractivity contribution in [3.8, 4) is 0 Å². The molecular formula is C14H22OSi. The van der Waals surface area contributed by atoms with E-state index in [-0.39, 0.29) is 0 Å². The highest BCUT2D eigenvalue weighted by Gasteiger charge is 2.27. The molecule has 1 saturated heterocycles. The van der Waals surface area contributed by atoms with Crippen LogP contribution in [0, 0.1) is 6.92 Å². The maximum Gasteiger partial charge on any atom is 0.184 e. The maximum absolute atomic E-state index is 6.08. The van der Waals surface area contributed by atoms with Crippen LogP contribution in [0.3, 0.4) is 0 Å². The summed E-state index contributed by atoms with van der Waals surface area (Å²) in [7, 11) is -0.996. The average molecular weight is 234 g/mol. The first-order valence-electron chi connectivity index (χ1n) is 6.50. The molecule has 1 nitrogen and oxygen atoms in total. The van der Waals surface area contributed by atoms with Gasteiger partial charge in [-0.3, -0.25) is 0 Å². The monoisotopic (exact) mass is 234 g/mol. The molecule has 2 unspecified atom stereocenters. The van der Waals surface area contributed by atoms with E-state index in [2.05, 4.69) is 38.1 Å². The van der Waals surface area contributed by atoms with Gasteiger partial charge in [0.2, 0.25) is 0 Å². The minimum absolute atomic E-state index is 0.724. The number of hydrogen-bond acceptors (Lipinski definition) is 1. The third-order valence-electron chi connectivity index (χ3n) is 3.69. The van der Waals surface area contributed by atoms with Crippen LogP contribution in [0.4, 0.5) is 0 Å². The fraction of sp³-hybridized carbons (Fsp3) is 0.571. The van der Waals surface area contributed by atoms with Crippen LogP contribution >= 0.6 is 0 Å². The predicted molar refractivity (Wildman–Crippen MR) is 71.4 cm³/mol. The van der Waals surface area contributed by atoms with Crippen molar-refractivity contribution in [2.75, 3.05) is 6.61 Å². The first kappa shape index (κ1) is 11.9. The van der Waals surface area contributed by atoms with Gasteiger partial charge in [-0.2, -0.15) is 0 Å². The zero-order valence-corrected chi connectivity index (χ0v) is 11.6. The summed E-state index contributed by atoms with van der Waals surface area (Å²) >= 11 is 0. The lowest BCUT2D eigenvalue weighted by Gasteiger charge is -2.29. The molecule has 1 aromatic carbocycles. The fourth-order valence-electron chi connectivity index (χ4n) is 2.77. The first-order chi connectivity index (χ1) is 7.83. The molecule has 16 heavy (non-hydrogen) atoms. The van der Waals surface area contributed by atoms with Crippen LogP contribution in [0.5, 0.6) is 0 Å². The Labute approximate surface area is 101 Å². The summed E-state index contributed by atoms with van der Waals surface area (Å²) in [4.78, 5) is 0. The van der Waals surface area contributed by atoms with Crippen LogP contribution in [0.1, 0.15) is 42.9 Å². The Kier molecular flexibility index (Phi) is 4.19. The van der Waals surface area contributed by atoms with E-state index in [0.717, 1.165) is 12.1 Å². The summed E-state index contributed by atoms with van der Waals surface area (Å²) in [6.45, 7) is 5.55. The van der Waals surface area contributed by atoms with Gasteiger partial charge in [0.1, 0.15) is 0 Å². The lowest BCUT2D eigenvalue weighted by Crippen LogP contribution is -2.31. The third kappa shape index (κ3) is 2.55. The van der Waals surface area contributed by atoms with Crippen LogP contribution in [-0.4, -0.2) is 15.6 Å². The van der Waals surface area contributed by atoms with Gasteiger partial charge < -0.3 is 4.43 Å². The molecule has 0 spiro atoms. The Bertz CT molecular complexity index is 331. The van der Waals surface area contributed by atoms with E-state index in [9.17, 15) is 0 Å². The summed E-state index contributed by atoms with van der Waals surface area (Å²) in [6.07, 6.45) is 3.90. The van der Waals surface area contributed by atoms with E-state index in [4.69, 9.17) is 4.43 Å². The second-order valence-corrected chi connectivity index (χ2v) is 7.57. The number of rotatable bonds is 3. The molecule has 2 rings (SSSR count). The highest BCUT2D eigenvalue weighted by atomic mass is 28.3. The van der Waals surface area contributed by atoms with Crippen LogP contribution in [-0.2, 0) is 4.43 Å². The van der Waals surface area contributed by atoms with Crippen molar-refractivity contribution in [3.63, 3.8) is 0 Å². The summed E-state index contributed by atoms with van der Waals surface area (Å²) in [5, 5.41) is 0. The van der Waals surface area contributed by atoms with Gasteiger partial charge in [-0.15, -0.1) is 0 Å². The van der Waals surface area contributed by atoms with Crippen molar-refractivity contribution in [2.45, 2.75) is 44.7 Å². The van der Waals surface area contributed by atoms with Crippen molar-refractivity contribution in [1.82, 2.24) is 0 Å². The molecule has 1 aliphatic rings. The molecule has 1 fully saturated rings. The summed E-state index contributed by atoms with van der Waals surface area (Å²) < 4.78 is 6.08. The van der Waals surface area contributed by atoms with Crippen LogP contribution in [0.2, 0.25) is 6.04 Å². The highest BCUT2D eigenvalue weighted by molar-refractivity contribution is 6.53. The molecule has 0 saturated carbocycles. The van der Waals surface area contributed by atoms with Crippen LogP contribution in [0.15, 0.2) is 24.3 Å². The molecule has 0 aromatic heterocycles. The van der Waals surface area contributed by atoms with Gasteiger partial charge in [0.05, 0.1) is 0 Å². The fourth-order valence-corrected chi connectivity index (χ4v) is 6.03. The number of hydrogen-bond donors (Lipinski definition) is 0. The Balaban J connectivity index is 2.18. The summed E-state index contributed by atoms with van der Waals surface area (Å²) in [6, 6.07) is 10.2. The Morgan fingerprint density at radius 3 is 2.75 bits per heavy atom. The summed E-state index contributed by atoms with van der Waals surface area (Å²) in [5.74, 6) is 0. The van der Waals surface area contributed by atoms with Gasteiger partial charge >= 0.3 is 0 Å². The van der Waals surface area contributed by atoms with E-state index in [1.165, 1.54) is 30.9 Å². The second kappa shape index (κ2) is 5.64. The molecule has 0 bridgehead atoms. The van der Waals surface area contributed by atoms with Crippen molar-refractivity contribution >= 4 is 9.04 Å². The largest absolute Gasteiger partial charge is 0.419 e. The van der Waals surface area contributed by atoms with E-state index < -0.39 is 9.04 Å². The average Bonchev–Trinajstić information content (AvgIpc) is 2.34. The normalized spacial score (nSPS) is 23.0. The lowest BCUT2D eigenvalue weighted by atomic mass is 10.0. The molecule has 0 amide bonds. The SMILES string of the molecule is CCC(c1ccccc1C)[SiH]1CCCCO1. The van der Waals surface area contributed by atoms with Gasteiger partial charge in [-0.1, -0.05) is 37.6 Å². The highest BCUT2D eigenvalue weighted by Crippen LogP contribution is 2.30. The van der Waals surface area contributed by atoms with E-state index in [1.54, 1.807) is 5.56 Å². The molecular weight excluding hydrogens is 212 g/mol. The van der Waals surface area contributed by atoms with E-state index in [0.29, 0.717) is 0 Å². The smallest absolute Gasteiger partial charge is 0.184 e. The second-order valence-electron chi connectivity index (χ2n) is 4.78. The zero-order valence-electron chi connectivity index (χ0n) is 10.4. The van der Waals surface area contributed by atoms with Gasteiger partial charge in [-0.25, -0.2) is 0 Å². The standard InChI is InChI=1S/C14H22OSi/c1-3-14(16-11-7-6-10-15-16)13-9-5-4-8-12(13)2/h4-5,8-9,14,16H,3,6-7,10-11H2,1-2H3. The minimum Gasteiger partial charge on any atom is -0.419 e. The zero-order chi connectivity index (χ0) is 11.4. The third-order valence-corrected chi connectivity index (χ3v) is 7.06. The topological polar surface area (TPSA) is 9.23 Å². The van der Waals surface area contributed by atoms with Crippen molar-refractivity contribution < 1.29 is 4.43 Å². The Morgan fingerprint density at radius 1 is 1.31 bits per heavy atom. The minimum atomic E-state index is -0.996. The molecule has 88 valence electrons. The predicted octanol–water partition coefficient (Wildman–Crippen LogP) is 3.56. The summed E-state index contributed by atoms with van der Waals surface area (Å²) in [5.41, 5.74) is 3.71. The number of benzene rings is 1. The van der Waals surface area contributed by atoms with Gasteiger partial charge in [0.15, 0.2) is 9.04 Å². The Morgan fingerprint density at radius 2 is 2.12 bits per heavy atom. The lowest BCUT2D eigenvalue weighted by molar-refractivity contribution is 0.279. The van der Waals surface area contributed by atoms with Gasteiger partial charge in [0, 0.05) is 12.1 Å². The molecule has 2 heteroatoms. The van der Waals surface area contributed by atoms with Crippen LogP contribution < -0.4 is 0 Å². The quantitative estimate of drug-likeness (QED) is 0.727. The molecule has 1 aromatic rings. The molecule has 0 N–H and O–H groups in total. The molecule has 1 aliphatic heterocycles. The first-order valence-corrected chi connectivity index (χ1v) is 8.45. The molecule has 2 atom stereocenters. The maximum atomic E-state index is 6.08. The molecule has 0 aliphatic carbocycles. The van der Waals surface area contributed by atoms with Crippen LogP contribution in [0.25, 0.3) is 0 Å². The number of aryl methyl sites for hydroxylation is 1. The van der Waals surface area contributed by atoms with Crippen molar-refractivity contribution in [3.05, 3.63) is 35.4 Å². The molecule has 1 heterocycles. The van der Waals surface area contributed by atoms with E-state index in [1.807, 2.05) is 0 Å². The van der Waals surface area contributed by atoms with E-state index >= 15 is 0 Å².